The van der Waals surface area contributed by atoms with E-state index in [9.17, 15) is 0 Å². The van der Waals surface area contributed by atoms with Crippen molar-refractivity contribution in [3.8, 4) is 0 Å². The molecule has 21 heavy (non-hydrogen) atoms. The molecule has 3 nitrogen and oxygen atoms in total. The Morgan fingerprint density at radius 2 is 2.10 bits per heavy atom. The largest absolute Gasteiger partial charge is 0.383 e. The Balaban J connectivity index is 1.56. The lowest BCUT2D eigenvalue weighted by Crippen LogP contribution is -2.04. The van der Waals surface area contributed by atoms with Crippen LogP contribution in [-0.4, -0.2) is 22.3 Å². The maximum absolute atomic E-state index is 6.10. The predicted molar refractivity (Wildman–Crippen MR) is 91.5 cm³/mol. The maximum atomic E-state index is 6.10. The van der Waals surface area contributed by atoms with E-state index in [0.717, 1.165) is 39.2 Å². The van der Waals surface area contributed by atoms with Crippen molar-refractivity contribution in [1.29, 1.82) is 0 Å². The minimum Gasteiger partial charge on any atom is -0.383 e. The van der Waals surface area contributed by atoms with E-state index in [2.05, 4.69) is 34.3 Å². The van der Waals surface area contributed by atoms with Crippen LogP contribution in [0, 0.1) is 6.92 Å². The van der Waals surface area contributed by atoms with Crippen molar-refractivity contribution in [3.05, 3.63) is 53.1 Å². The molecule has 0 aliphatic heterocycles. The number of halogens is 1. The van der Waals surface area contributed by atoms with Crippen LogP contribution in [-0.2, 0) is 0 Å². The molecule has 3 rings (SSSR count). The van der Waals surface area contributed by atoms with Gasteiger partial charge in [-0.05, 0) is 36.8 Å². The number of nitrogens with one attached hydrogen (secondary N) is 2. The van der Waals surface area contributed by atoms with Crippen molar-refractivity contribution in [2.24, 2.45) is 0 Å². The zero-order chi connectivity index (χ0) is 14.7. The van der Waals surface area contributed by atoms with Gasteiger partial charge in [-0.1, -0.05) is 41.6 Å². The van der Waals surface area contributed by atoms with E-state index < -0.39 is 0 Å². The van der Waals surface area contributed by atoms with Crippen molar-refractivity contribution < 1.29 is 0 Å². The van der Waals surface area contributed by atoms with Crippen molar-refractivity contribution in [2.45, 2.75) is 12.1 Å². The number of rotatable bonds is 5. The van der Waals surface area contributed by atoms with Gasteiger partial charge in [0.2, 0.25) is 0 Å². The summed E-state index contributed by atoms with van der Waals surface area (Å²) in [5, 5.41) is 5.04. The lowest BCUT2D eigenvalue weighted by atomic mass is 10.2. The van der Waals surface area contributed by atoms with Gasteiger partial charge >= 0.3 is 0 Å². The number of hydrogen-bond donors (Lipinski definition) is 2. The molecule has 0 bridgehead atoms. The molecule has 1 heterocycles. The summed E-state index contributed by atoms with van der Waals surface area (Å²) in [6.07, 6.45) is 0. The molecule has 0 spiro atoms. The summed E-state index contributed by atoms with van der Waals surface area (Å²) in [6.45, 7) is 2.92. The molecular formula is C16H16ClN3S. The van der Waals surface area contributed by atoms with Gasteiger partial charge in [-0.3, -0.25) is 0 Å². The van der Waals surface area contributed by atoms with Crippen molar-refractivity contribution >= 4 is 40.1 Å². The second-order valence-corrected chi connectivity index (χ2v) is 6.31. The number of nitrogens with zero attached hydrogens (tertiary/aromatic N) is 1. The van der Waals surface area contributed by atoms with Gasteiger partial charge in [0.15, 0.2) is 5.16 Å². The van der Waals surface area contributed by atoms with Gasteiger partial charge < -0.3 is 10.3 Å². The summed E-state index contributed by atoms with van der Waals surface area (Å²) in [5.41, 5.74) is 4.32. The van der Waals surface area contributed by atoms with Gasteiger partial charge in [0.05, 0.1) is 21.7 Å². The standard InChI is InChI=1S/C16H16ClN3S/c1-11-6-7-14-15(10-11)20-16(19-14)21-9-8-18-13-5-3-2-4-12(13)17/h2-7,10,18H,8-9H2,1H3,(H,19,20). The number of anilines is 1. The van der Waals surface area contributed by atoms with Gasteiger partial charge in [0.25, 0.3) is 0 Å². The summed E-state index contributed by atoms with van der Waals surface area (Å²) in [5.74, 6) is 0.921. The van der Waals surface area contributed by atoms with Crippen molar-refractivity contribution in [2.75, 3.05) is 17.6 Å². The summed E-state index contributed by atoms with van der Waals surface area (Å²) in [4.78, 5) is 7.91. The Morgan fingerprint density at radius 1 is 1.24 bits per heavy atom. The fourth-order valence-electron chi connectivity index (χ4n) is 2.11. The minimum atomic E-state index is 0.752. The quantitative estimate of drug-likeness (QED) is 0.528. The third-order valence-corrected chi connectivity index (χ3v) is 4.35. The zero-order valence-corrected chi connectivity index (χ0v) is 13.3. The first-order valence-electron chi connectivity index (χ1n) is 6.80. The lowest BCUT2D eigenvalue weighted by molar-refractivity contribution is 1.07. The number of fused-ring (bicyclic) bond motifs is 1. The summed E-state index contributed by atoms with van der Waals surface area (Å²) in [7, 11) is 0. The average molecular weight is 318 g/mol. The summed E-state index contributed by atoms with van der Waals surface area (Å²) in [6, 6.07) is 14.0. The molecule has 0 atom stereocenters. The molecule has 1 aromatic heterocycles. The minimum absolute atomic E-state index is 0.752. The summed E-state index contributed by atoms with van der Waals surface area (Å²) >= 11 is 7.81. The van der Waals surface area contributed by atoms with Crippen LogP contribution in [0.25, 0.3) is 11.0 Å². The number of hydrogen-bond acceptors (Lipinski definition) is 3. The van der Waals surface area contributed by atoms with Crippen molar-refractivity contribution in [1.82, 2.24) is 9.97 Å². The van der Waals surface area contributed by atoms with Crippen molar-refractivity contribution in [3.63, 3.8) is 0 Å². The highest BCUT2D eigenvalue weighted by atomic mass is 35.5. The highest BCUT2D eigenvalue weighted by Gasteiger charge is 2.03. The molecule has 0 amide bonds. The number of H-pyrrole nitrogens is 1. The number of para-hydroxylation sites is 1. The smallest absolute Gasteiger partial charge is 0.166 e. The third-order valence-electron chi connectivity index (χ3n) is 3.15. The Morgan fingerprint density at radius 3 is 2.95 bits per heavy atom. The van der Waals surface area contributed by atoms with Crippen LogP contribution in [0.3, 0.4) is 0 Å². The second kappa shape index (κ2) is 6.41. The molecule has 2 aromatic carbocycles. The Labute approximate surface area is 133 Å². The van der Waals surface area contributed by atoms with Crippen LogP contribution in [0.1, 0.15) is 5.56 Å². The van der Waals surface area contributed by atoms with Gasteiger partial charge in [-0.2, -0.15) is 0 Å². The molecule has 108 valence electrons. The fraction of sp³-hybridized carbons (Fsp3) is 0.188. The molecule has 0 saturated carbocycles. The molecule has 0 fully saturated rings. The Bertz CT molecular complexity index is 754. The zero-order valence-electron chi connectivity index (χ0n) is 11.7. The number of aromatic nitrogens is 2. The van der Waals surface area contributed by atoms with E-state index in [4.69, 9.17) is 11.6 Å². The first kappa shape index (κ1) is 14.3. The van der Waals surface area contributed by atoms with E-state index in [1.807, 2.05) is 30.3 Å². The topological polar surface area (TPSA) is 40.7 Å². The predicted octanol–water partition coefficient (Wildman–Crippen LogP) is 4.73. The first-order chi connectivity index (χ1) is 10.2. The van der Waals surface area contributed by atoms with Crippen LogP contribution < -0.4 is 5.32 Å². The second-order valence-electron chi connectivity index (χ2n) is 4.82. The molecule has 0 radical (unpaired) electrons. The Kier molecular flexibility index (Phi) is 4.36. The fourth-order valence-corrected chi connectivity index (χ4v) is 3.05. The highest BCUT2D eigenvalue weighted by Crippen LogP contribution is 2.22. The van der Waals surface area contributed by atoms with Crippen LogP contribution in [0.4, 0.5) is 5.69 Å². The molecule has 2 N–H and O–H groups in total. The van der Waals surface area contributed by atoms with E-state index in [1.165, 1.54) is 5.56 Å². The molecule has 0 saturated heterocycles. The van der Waals surface area contributed by atoms with Crippen LogP contribution in [0.5, 0.6) is 0 Å². The van der Waals surface area contributed by atoms with E-state index in [1.54, 1.807) is 11.8 Å². The third kappa shape index (κ3) is 3.52. The SMILES string of the molecule is Cc1ccc2nc(SCCNc3ccccc3Cl)[nH]c2c1. The molecule has 3 aromatic rings. The number of thioether (sulfide) groups is 1. The molecular weight excluding hydrogens is 302 g/mol. The van der Waals surface area contributed by atoms with Crippen LogP contribution in [0.15, 0.2) is 47.6 Å². The number of aromatic amines is 1. The van der Waals surface area contributed by atoms with Crippen LogP contribution >= 0.6 is 23.4 Å². The van der Waals surface area contributed by atoms with Gasteiger partial charge in [0.1, 0.15) is 0 Å². The normalized spacial score (nSPS) is 11.0. The first-order valence-corrected chi connectivity index (χ1v) is 8.16. The monoisotopic (exact) mass is 317 g/mol. The number of benzene rings is 2. The Hall–Kier alpha value is -1.65. The van der Waals surface area contributed by atoms with E-state index in [0.29, 0.717) is 0 Å². The molecule has 0 aliphatic carbocycles. The number of aryl methyl sites for hydroxylation is 1. The van der Waals surface area contributed by atoms with E-state index in [-0.39, 0.29) is 0 Å². The van der Waals surface area contributed by atoms with E-state index >= 15 is 0 Å². The molecule has 0 unspecified atom stereocenters. The molecule has 5 heteroatoms. The average Bonchev–Trinajstić information content (AvgIpc) is 2.87. The van der Waals surface area contributed by atoms with Crippen LogP contribution in [0.2, 0.25) is 5.02 Å². The van der Waals surface area contributed by atoms with Gasteiger partial charge in [-0.25, -0.2) is 4.98 Å². The summed E-state index contributed by atoms with van der Waals surface area (Å²) < 4.78 is 0. The number of imidazole rings is 1. The van der Waals surface area contributed by atoms with Gasteiger partial charge in [-0.15, -0.1) is 0 Å². The molecule has 0 aliphatic rings. The van der Waals surface area contributed by atoms with Gasteiger partial charge in [0, 0.05) is 12.3 Å². The highest BCUT2D eigenvalue weighted by molar-refractivity contribution is 7.99. The maximum Gasteiger partial charge on any atom is 0.166 e. The lowest BCUT2D eigenvalue weighted by Gasteiger charge is -2.06.